The minimum Gasteiger partial charge on any atom is -0.631 e. The molecule has 0 bridgehead atoms. The number of hydroxylamine groups is 3. The number of benzene rings is 3. The van der Waals surface area contributed by atoms with E-state index in [4.69, 9.17) is 21.4 Å². The highest BCUT2D eigenvalue weighted by Gasteiger charge is 2.52. The van der Waals surface area contributed by atoms with Crippen molar-refractivity contribution in [3.05, 3.63) is 88.6 Å². The van der Waals surface area contributed by atoms with Crippen molar-refractivity contribution in [2.75, 3.05) is 44.4 Å². The number of aliphatic hydroxyl groups is 2. The third-order valence-electron chi connectivity index (χ3n) is 7.52. The van der Waals surface area contributed by atoms with Crippen LogP contribution in [0.15, 0.2) is 77.7 Å². The molecule has 44 heavy (non-hydrogen) atoms. The van der Waals surface area contributed by atoms with E-state index in [1.165, 1.54) is 24.3 Å². The van der Waals surface area contributed by atoms with Gasteiger partial charge in [-0.3, -0.25) is 20.2 Å². The first kappa shape index (κ1) is 32.0. The first-order valence-electron chi connectivity index (χ1n) is 13.8. The van der Waals surface area contributed by atoms with E-state index in [-0.39, 0.29) is 10.6 Å². The number of anilines is 1. The van der Waals surface area contributed by atoms with Crippen LogP contribution in [0.1, 0.15) is 11.6 Å². The minimum absolute atomic E-state index is 0.105. The Balaban J connectivity index is 1.44. The van der Waals surface area contributed by atoms with Crippen molar-refractivity contribution in [2.45, 2.75) is 23.1 Å². The van der Waals surface area contributed by atoms with Crippen LogP contribution in [0.5, 0.6) is 11.5 Å². The average Bonchev–Trinajstić information content (AvgIpc) is 3.02. The van der Waals surface area contributed by atoms with Crippen LogP contribution in [0.3, 0.4) is 0 Å². The fourth-order valence-electron chi connectivity index (χ4n) is 5.24. The molecular weight excluding hydrogens is 614 g/mol. The second-order valence-electron chi connectivity index (χ2n) is 10.5. The third kappa shape index (κ3) is 6.78. The van der Waals surface area contributed by atoms with Gasteiger partial charge in [0.25, 0.3) is 11.8 Å². The van der Waals surface area contributed by atoms with Gasteiger partial charge in [-0.1, -0.05) is 11.6 Å². The summed E-state index contributed by atoms with van der Waals surface area (Å²) >= 11 is 5.95. The van der Waals surface area contributed by atoms with Crippen molar-refractivity contribution < 1.29 is 37.6 Å². The van der Waals surface area contributed by atoms with Gasteiger partial charge >= 0.3 is 0 Å². The number of halogens is 1. The number of aliphatic hydroxyl groups excluding tert-OH is 2. The molecule has 3 unspecified atom stereocenters. The van der Waals surface area contributed by atoms with Crippen LogP contribution in [0.25, 0.3) is 0 Å². The third-order valence-corrected chi connectivity index (χ3v) is 9.21. The zero-order valence-electron chi connectivity index (χ0n) is 23.4. The highest BCUT2D eigenvalue weighted by atomic mass is 35.5. The Kier molecular flexibility index (Phi) is 9.65. The second kappa shape index (κ2) is 13.3. The van der Waals surface area contributed by atoms with Crippen molar-refractivity contribution in [1.29, 1.82) is 0 Å². The van der Waals surface area contributed by atoms with E-state index in [2.05, 4.69) is 15.4 Å². The normalized spacial score (nSPS) is 22.2. The second-order valence-corrected chi connectivity index (χ2v) is 12.7. The summed E-state index contributed by atoms with van der Waals surface area (Å²) in [5.74, 6) is -0.442. The maximum atomic E-state index is 14.6. The number of carbonyl (C=O) groups is 2. The van der Waals surface area contributed by atoms with Crippen LogP contribution in [-0.4, -0.2) is 86.7 Å². The van der Waals surface area contributed by atoms with Crippen LogP contribution in [-0.2, 0) is 19.6 Å². The molecule has 3 aromatic rings. The quantitative estimate of drug-likeness (QED) is 0.122. The lowest BCUT2D eigenvalue weighted by Crippen LogP contribution is -2.71. The fourth-order valence-corrected chi connectivity index (χ4v) is 6.44. The summed E-state index contributed by atoms with van der Waals surface area (Å²) in [6.45, 7) is -0.440. The SMILES string of the molecule is O=C1C[N+]([O-])(C2CNCNC2)C(c2ccc(Oc3ccc(Cl)cc3)cc2)C(=O)N1c1ccc(S(=O)(=O)NCC(O)CO)cc1. The predicted molar refractivity (Wildman–Crippen MR) is 161 cm³/mol. The van der Waals surface area contributed by atoms with Gasteiger partial charge < -0.3 is 24.8 Å². The van der Waals surface area contributed by atoms with Gasteiger partial charge in [0.15, 0.2) is 12.6 Å². The molecule has 2 saturated heterocycles. The number of amides is 2. The van der Waals surface area contributed by atoms with Gasteiger partial charge in [0.05, 0.1) is 36.4 Å². The molecule has 2 fully saturated rings. The molecule has 15 heteroatoms. The van der Waals surface area contributed by atoms with Gasteiger partial charge in [-0.2, -0.15) is 0 Å². The van der Waals surface area contributed by atoms with Crippen LogP contribution in [0, 0.1) is 5.21 Å². The molecule has 3 atom stereocenters. The molecule has 13 nitrogen and oxygen atoms in total. The van der Waals surface area contributed by atoms with Gasteiger partial charge in [0, 0.05) is 23.8 Å². The maximum absolute atomic E-state index is 14.6. The highest BCUT2D eigenvalue weighted by molar-refractivity contribution is 7.89. The summed E-state index contributed by atoms with van der Waals surface area (Å²) in [6.07, 6.45) is -1.28. The highest BCUT2D eigenvalue weighted by Crippen LogP contribution is 2.39. The molecule has 2 heterocycles. The Labute approximate surface area is 259 Å². The Morgan fingerprint density at radius 2 is 1.59 bits per heavy atom. The van der Waals surface area contributed by atoms with Gasteiger partial charge in [-0.25, -0.2) is 18.0 Å². The van der Waals surface area contributed by atoms with E-state index in [1.807, 2.05) is 0 Å². The Hall–Kier alpha value is -3.44. The van der Waals surface area contributed by atoms with E-state index < -0.39 is 64.4 Å². The molecule has 234 valence electrons. The first-order chi connectivity index (χ1) is 21.0. The van der Waals surface area contributed by atoms with E-state index in [9.17, 15) is 28.3 Å². The number of rotatable bonds is 10. The maximum Gasteiger partial charge on any atom is 0.297 e. The molecule has 3 aromatic carbocycles. The van der Waals surface area contributed by atoms with Crippen molar-refractivity contribution >= 4 is 39.1 Å². The van der Waals surface area contributed by atoms with E-state index in [0.29, 0.717) is 41.8 Å². The number of carbonyl (C=O) groups excluding carboxylic acids is 2. The van der Waals surface area contributed by atoms with Crippen molar-refractivity contribution in [2.24, 2.45) is 0 Å². The van der Waals surface area contributed by atoms with E-state index in [0.717, 1.165) is 4.90 Å². The lowest BCUT2D eigenvalue weighted by atomic mass is 9.96. The number of piperazine rings is 1. The van der Waals surface area contributed by atoms with Crippen LogP contribution >= 0.6 is 11.6 Å². The van der Waals surface area contributed by atoms with Crippen LogP contribution in [0.4, 0.5) is 5.69 Å². The first-order valence-corrected chi connectivity index (χ1v) is 15.7. The molecular formula is C29H32ClN5O8S. The summed E-state index contributed by atoms with van der Waals surface area (Å²) in [6, 6.07) is 16.4. The largest absolute Gasteiger partial charge is 0.631 e. The average molecular weight is 646 g/mol. The number of sulfonamides is 1. The Morgan fingerprint density at radius 3 is 2.18 bits per heavy atom. The number of imide groups is 1. The number of nitrogens with one attached hydrogen (secondary N) is 3. The van der Waals surface area contributed by atoms with Gasteiger partial charge in [0.2, 0.25) is 10.0 Å². The lowest BCUT2D eigenvalue weighted by molar-refractivity contribution is -0.918. The lowest BCUT2D eigenvalue weighted by Gasteiger charge is -2.56. The fraction of sp³-hybridized carbons (Fsp3) is 0.310. The number of quaternary nitrogens is 1. The van der Waals surface area contributed by atoms with Gasteiger partial charge in [0.1, 0.15) is 17.5 Å². The van der Waals surface area contributed by atoms with Crippen molar-refractivity contribution in [1.82, 2.24) is 15.4 Å². The molecule has 5 N–H and O–H groups in total. The molecule has 0 aromatic heterocycles. The summed E-state index contributed by atoms with van der Waals surface area (Å²) in [5.41, 5.74) is 0.496. The Bertz CT molecular complexity index is 1590. The molecule has 5 rings (SSSR count). The van der Waals surface area contributed by atoms with E-state index in [1.54, 1.807) is 48.5 Å². The minimum atomic E-state index is -4.05. The number of hydrogen-bond donors (Lipinski definition) is 5. The zero-order chi connectivity index (χ0) is 31.5. The summed E-state index contributed by atoms with van der Waals surface area (Å²) in [5, 5.41) is 39.8. The number of nitrogens with zero attached hydrogens (tertiary/aromatic N) is 2. The van der Waals surface area contributed by atoms with Gasteiger partial charge in [-0.15, -0.1) is 0 Å². The standard InChI is InChI=1S/C29H32ClN5O8S/c30-20-3-9-25(10-4-20)43-24-7-1-19(2-8-24)28-29(39)34(27(38)16-35(28,40)22-13-31-18-32-14-22)21-5-11-26(12-6-21)44(41,42)33-15-23(37)17-36/h1-12,22-23,28,31-33,36-37H,13-18H2. The number of hydrogen-bond acceptors (Lipinski definition) is 10. The van der Waals surface area contributed by atoms with Crippen molar-refractivity contribution in [3.63, 3.8) is 0 Å². The molecule has 0 saturated carbocycles. The predicted octanol–water partition coefficient (Wildman–Crippen LogP) is 1.21. The van der Waals surface area contributed by atoms with Gasteiger partial charge in [-0.05, 0) is 72.8 Å². The molecule has 2 aliphatic rings. The topological polar surface area (TPSA) is 180 Å². The molecule has 0 spiro atoms. The smallest absolute Gasteiger partial charge is 0.297 e. The van der Waals surface area contributed by atoms with Crippen LogP contribution < -0.4 is 25.0 Å². The van der Waals surface area contributed by atoms with Crippen molar-refractivity contribution in [3.8, 4) is 11.5 Å². The van der Waals surface area contributed by atoms with E-state index >= 15 is 0 Å². The molecule has 2 aliphatic heterocycles. The molecule has 2 amide bonds. The summed E-state index contributed by atoms with van der Waals surface area (Å²) in [7, 11) is -4.05. The monoisotopic (exact) mass is 645 g/mol. The summed E-state index contributed by atoms with van der Waals surface area (Å²) < 4.78 is 32.1. The molecule has 0 radical (unpaired) electrons. The Morgan fingerprint density at radius 1 is 1.00 bits per heavy atom. The summed E-state index contributed by atoms with van der Waals surface area (Å²) in [4.78, 5) is 28.3. The van der Waals surface area contributed by atoms with Crippen LogP contribution in [0.2, 0.25) is 5.02 Å². The zero-order valence-corrected chi connectivity index (χ0v) is 25.0. The molecule has 0 aliphatic carbocycles. The number of ether oxygens (including phenoxy) is 1.